The van der Waals surface area contributed by atoms with Crippen LogP contribution in [0.1, 0.15) is 213 Å². The molecule has 0 aromatic rings. The number of likely N-dealkylation sites (N-methyl/N-ethyl adjacent to an activating group) is 1. The first-order valence-corrected chi connectivity index (χ1v) is 24.4. The minimum absolute atomic E-state index is 0.0328. The molecule has 0 radical (unpaired) electrons. The predicted octanol–water partition coefficient (Wildman–Crippen LogP) is 13.0. The molecule has 9 nitrogen and oxygen atoms in total. The quantitative estimate of drug-likeness (QED) is 0.0214. The molecule has 10 heteroatoms. The van der Waals surface area contributed by atoms with Crippen LogP contribution in [0.5, 0.6) is 0 Å². The number of rotatable bonds is 42. The van der Waals surface area contributed by atoms with Crippen LogP contribution in [0.2, 0.25) is 0 Å². The van der Waals surface area contributed by atoms with E-state index >= 15 is 0 Å². The number of hydrogen-bond acceptors (Lipinski definition) is 7. The molecule has 2 atom stereocenters. The molecule has 326 valence electrons. The molecular formula is C45H89NO8P+. The Kier molecular flexibility index (Phi) is 37.4. The smallest absolute Gasteiger partial charge is 0.462 e. The third kappa shape index (κ3) is 42.2. The van der Waals surface area contributed by atoms with Gasteiger partial charge in [0.05, 0.1) is 27.7 Å². The summed E-state index contributed by atoms with van der Waals surface area (Å²) in [6.07, 6.45) is 39.7. The molecule has 0 aromatic carbocycles. The summed E-state index contributed by atoms with van der Waals surface area (Å²) in [6.45, 7) is 4.43. The first kappa shape index (κ1) is 53.8. The number of esters is 2. The van der Waals surface area contributed by atoms with E-state index in [0.29, 0.717) is 17.4 Å². The van der Waals surface area contributed by atoms with Crippen molar-refractivity contribution in [2.24, 2.45) is 0 Å². The third-order valence-corrected chi connectivity index (χ3v) is 11.0. The van der Waals surface area contributed by atoms with E-state index in [1.165, 1.54) is 135 Å². The zero-order valence-corrected chi connectivity index (χ0v) is 37.6. The summed E-state index contributed by atoms with van der Waals surface area (Å²) in [5.41, 5.74) is 0. The monoisotopic (exact) mass is 803 g/mol. The van der Waals surface area contributed by atoms with Crippen LogP contribution in [0.4, 0.5) is 0 Å². The fraction of sp³-hybridized carbons (Fsp3) is 0.911. The van der Waals surface area contributed by atoms with Gasteiger partial charge < -0.3 is 18.9 Å². The highest BCUT2D eigenvalue weighted by Crippen LogP contribution is 2.43. The van der Waals surface area contributed by atoms with Gasteiger partial charge in [0.2, 0.25) is 0 Å². The van der Waals surface area contributed by atoms with Gasteiger partial charge in [-0.25, -0.2) is 4.57 Å². The maximum atomic E-state index is 12.7. The fourth-order valence-corrected chi connectivity index (χ4v) is 7.16. The Hall–Kier alpha value is -1.25. The molecule has 0 saturated heterocycles. The SMILES string of the molecule is CCCCCCCCCC/C=C/CCCCCC(=O)OC[C@H](COP(=O)(O)OCC[N+](C)(C)C)OC(=O)CCCCCCCCCCCCCCCCCC. The summed E-state index contributed by atoms with van der Waals surface area (Å²) >= 11 is 0. The zero-order chi connectivity index (χ0) is 40.7. The molecule has 0 amide bonds. The molecule has 1 N–H and O–H groups in total. The van der Waals surface area contributed by atoms with E-state index < -0.39 is 26.5 Å². The Morgan fingerprint density at radius 3 is 1.36 bits per heavy atom. The van der Waals surface area contributed by atoms with Crippen molar-refractivity contribution >= 4 is 19.8 Å². The summed E-state index contributed by atoms with van der Waals surface area (Å²) < 4.78 is 34.3. The number of phosphoric ester groups is 1. The second-order valence-corrected chi connectivity index (χ2v) is 18.2. The number of allylic oxidation sites excluding steroid dienone is 2. The van der Waals surface area contributed by atoms with Gasteiger partial charge in [-0.15, -0.1) is 0 Å². The topological polar surface area (TPSA) is 108 Å². The van der Waals surface area contributed by atoms with Crippen molar-refractivity contribution < 1.29 is 42.1 Å². The van der Waals surface area contributed by atoms with E-state index in [0.717, 1.165) is 44.9 Å². The molecule has 0 saturated carbocycles. The molecule has 0 bridgehead atoms. The molecule has 55 heavy (non-hydrogen) atoms. The summed E-state index contributed by atoms with van der Waals surface area (Å²) in [5, 5.41) is 0. The summed E-state index contributed by atoms with van der Waals surface area (Å²) in [6, 6.07) is 0. The standard InChI is InChI=1S/C45H88NO8P/c1-6-8-10-12-14-16-18-20-22-24-26-28-30-32-34-36-38-45(48)54-43(42-53-55(49,50)52-40-39-46(3,4)5)41-51-44(47)37-35-33-31-29-27-25-23-21-19-17-15-13-11-9-7-2/h25,27,43H,6-24,26,28-42H2,1-5H3/p+1/b27-25+/t43-/m1/s1. The van der Waals surface area contributed by atoms with E-state index in [9.17, 15) is 19.0 Å². The molecule has 0 rings (SSSR count). The predicted molar refractivity (Wildman–Crippen MR) is 229 cm³/mol. The van der Waals surface area contributed by atoms with Crippen LogP contribution < -0.4 is 0 Å². The molecule has 0 aliphatic rings. The minimum Gasteiger partial charge on any atom is -0.462 e. The summed E-state index contributed by atoms with van der Waals surface area (Å²) in [5.74, 6) is -0.806. The number of carbonyl (C=O) groups is 2. The molecule has 0 spiro atoms. The number of hydrogen-bond donors (Lipinski definition) is 1. The Morgan fingerprint density at radius 1 is 0.545 bits per heavy atom. The lowest BCUT2D eigenvalue weighted by atomic mass is 10.0. The molecule has 0 aliphatic heterocycles. The second-order valence-electron chi connectivity index (χ2n) is 16.8. The van der Waals surface area contributed by atoms with Gasteiger partial charge in [-0.1, -0.05) is 174 Å². The highest BCUT2D eigenvalue weighted by molar-refractivity contribution is 7.47. The van der Waals surface area contributed by atoms with Crippen molar-refractivity contribution in [2.45, 2.75) is 219 Å². The maximum absolute atomic E-state index is 12.7. The van der Waals surface area contributed by atoms with Gasteiger partial charge in [-0.2, -0.15) is 0 Å². The van der Waals surface area contributed by atoms with Crippen LogP contribution in [-0.4, -0.2) is 74.9 Å². The first-order chi connectivity index (χ1) is 26.5. The Labute approximate surface area is 339 Å². The van der Waals surface area contributed by atoms with Gasteiger partial charge >= 0.3 is 19.8 Å². The van der Waals surface area contributed by atoms with Crippen LogP contribution in [0.25, 0.3) is 0 Å². The van der Waals surface area contributed by atoms with Gasteiger partial charge in [-0.3, -0.25) is 18.6 Å². The fourth-order valence-electron chi connectivity index (χ4n) is 6.42. The zero-order valence-electron chi connectivity index (χ0n) is 36.7. The molecule has 0 heterocycles. The number of carbonyl (C=O) groups excluding carboxylic acids is 2. The van der Waals surface area contributed by atoms with E-state index in [2.05, 4.69) is 26.0 Å². The van der Waals surface area contributed by atoms with Gasteiger partial charge in [-0.05, 0) is 38.5 Å². The first-order valence-electron chi connectivity index (χ1n) is 22.9. The third-order valence-electron chi connectivity index (χ3n) is 10.0. The average Bonchev–Trinajstić information content (AvgIpc) is 3.13. The van der Waals surface area contributed by atoms with E-state index in [1.54, 1.807) is 0 Å². The van der Waals surface area contributed by atoms with Crippen molar-refractivity contribution in [1.82, 2.24) is 0 Å². The van der Waals surface area contributed by atoms with Gasteiger partial charge in [0.25, 0.3) is 0 Å². The lowest BCUT2D eigenvalue weighted by molar-refractivity contribution is -0.870. The number of unbranched alkanes of at least 4 members (excludes halogenated alkanes) is 26. The van der Waals surface area contributed by atoms with Gasteiger partial charge in [0, 0.05) is 12.8 Å². The average molecular weight is 803 g/mol. The van der Waals surface area contributed by atoms with Gasteiger partial charge in [0.1, 0.15) is 19.8 Å². The number of quaternary nitrogens is 1. The normalized spacial score (nSPS) is 13.6. The van der Waals surface area contributed by atoms with Crippen molar-refractivity contribution in [2.75, 3.05) is 47.5 Å². The van der Waals surface area contributed by atoms with Crippen molar-refractivity contribution in [3.8, 4) is 0 Å². The number of ether oxygens (including phenoxy) is 2. The van der Waals surface area contributed by atoms with Crippen LogP contribution >= 0.6 is 7.82 Å². The lowest BCUT2D eigenvalue weighted by Gasteiger charge is -2.24. The molecule has 0 aromatic heterocycles. The van der Waals surface area contributed by atoms with Crippen molar-refractivity contribution in [1.29, 1.82) is 0 Å². The largest absolute Gasteiger partial charge is 0.472 e. The maximum Gasteiger partial charge on any atom is 0.472 e. The summed E-state index contributed by atoms with van der Waals surface area (Å²) in [4.78, 5) is 35.4. The van der Waals surface area contributed by atoms with Crippen molar-refractivity contribution in [3.63, 3.8) is 0 Å². The van der Waals surface area contributed by atoms with E-state index in [1.807, 2.05) is 21.1 Å². The second kappa shape index (κ2) is 38.3. The van der Waals surface area contributed by atoms with Crippen molar-refractivity contribution in [3.05, 3.63) is 12.2 Å². The number of nitrogens with zero attached hydrogens (tertiary/aromatic N) is 1. The molecule has 0 fully saturated rings. The Balaban J connectivity index is 4.33. The van der Waals surface area contributed by atoms with Gasteiger partial charge in [0.15, 0.2) is 6.10 Å². The molecule has 0 aliphatic carbocycles. The summed E-state index contributed by atoms with van der Waals surface area (Å²) in [7, 11) is 1.48. The highest BCUT2D eigenvalue weighted by atomic mass is 31.2. The number of phosphoric acid groups is 1. The Morgan fingerprint density at radius 2 is 0.927 bits per heavy atom. The van der Waals surface area contributed by atoms with Crippen LogP contribution in [0.3, 0.4) is 0 Å². The molecule has 1 unspecified atom stereocenters. The van der Waals surface area contributed by atoms with E-state index in [-0.39, 0.29) is 32.0 Å². The van der Waals surface area contributed by atoms with Crippen LogP contribution in [0.15, 0.2) is 12.2 Å². The van der Waals surface area contributed by atoms with Crippen LogP contribution in [-0.2, 0) is 32.7 Å². The minimum atomic E-state index is -4.37. The molecular weight excluding hydrogens is 713 g/mol. The van der Waals surface area contributed by atoms with E-state index in [4.69, 9.17) is 18.5 Å². The Bertz CT molecular complexity index is 954. The lowest BCUT2D eigenvalue weighted by Crippen LogP contribution is -2.37. The van der Waals surface area contributed by atoms with Crippen LogP contribution in [0, 0.1) is 0 Å². The highest BCUT2D eigenvalue weighted by Gasteiger charge is 2.27.